The number of hydrogen-bond donors (Lipinski definition) is 1. The van der Waals surface area contributed by atoms with Gasteiger partial charge in [0.15, 0.2) is 5.82 Å². The summed E-state index contributed by atoms with van der Waals surface area (Å²) in [6, 6.07) is 22.3. The van der Waals surface area contributed by atoms with Crippen LogP contribution in [0.15, 0.2) is 79.0 Å². The Hall–Kier alpha value is -3.28. The summed E-state index contributed by atoms with van der Waals surface area (Å²) in [6.45, 7) is 3.02. The van der Waals surface area contributed by atoms with E-state index in [1.54, 1.807) is 41.1 Å². The Kier molecular flexibility index (Phi) is 6.78. The Morgan fingerprint density at radius 2 is 1.69 bits per heavy atom. The van der Waals surface area contributed by atoms with Crippen LogP contribution in [0.25, 0.3) is 0 Å². The molecular weight excluding hydrogens is 445 g/mol. The summed E-state index contributed by atoms with van der Waals surface area (Å²) in [7, 11) is 0. The molecule has 0 aliphatic carbocycles. The fraction of sp³-hybridized carbons (Fsp3) is 0.120. The van der Waals surface area contributed by atoms with Gasteiger partial charge >= 0.3 is 0 Å². The van der Waals surface area contributed by atoms with Crippen LogP contribution in [0, 0.1) is 6.92 Å². The number of aromatic nitrogens is 2. The van der Waals surface area contributed by atoms with Crippen LogP contribution in [0.1, 0.15) is 27.0 Å². The van der Waals surface area contributed by atoms with Crippen molar-refractivity contribution in [3.8, 4) is 5.75 Å². The number of carbonyl (C=O) groups is 1. The van der Waals surface area contributed by atoms with Gasteiger partial charge in [0.1, 0.15) is 12.4 Å². The normalized spacial score (nSPS) is 10.7. The molecule has 0 unspecified atom stereocenters. The molecule has 0 fully saturated rings. The monoisotopic (exact) mass is 465 g/mol. The minimum atomic E-state index is -0.223. The Morgan fingerprint density at radius 3 is 2.41 bits per heavy atom. The largest absolute Gasteiger partial charge is 0.487 e. The second-order valence-corrected chi connectivity index (χ2v) is 8.24. The second kappa shape index (κ2) is 9.90. The average Bonchev–Trinajstić information content (AvgIpc) is 3.22. The van der Waals surface area contributed by atoms with Crippen molar-refractivity contribution in [3.05, 3.63) is 111 Å². The summed E-state index contributed by atoms with van der Waals surface area (Å²) >= 11 is 12.0. The van der Waals surface area contributed by atoms with Gasteiger partial charge in [0.2, 0.25) is 0 Å². The molecule has 1 N–H and O–H groups in total. The summed E-state index contributed by atoms with van der Waals surface area (Å²) in [4.78, 5) is 12.6. The highest BCUT2D eigenvalue weighted by Crippen LogP contribution is 2.28. The van der Waals surface area contributed by atoms with Crippen molar-refractivity contribution in [1.82, 2.24) is 9.78 Å². The summed E-state index contributed by atoms with van der Waals surface area (Å²) in [6.07, 6.45) is 1.85. The molecule has 162 valence electrons. The number of ether oxygens (including phenoxy) is 1. The first-order valence-corrected chi connectivity index (χ1v) is 10.8. The highest BCUT2D eigenvalue weighted by atomic mass is 35.5. The van der Waals surface area contributed by atoms with Crippen LogP contribution in [0.3, 0.4) is 0 Å². The van der Waals surface area contributed by atoms with Crippen LogP contribution in [0.4, 0.5) is 5.82 Å². The first-order valence-electron chi connectivity index (χ1n) is 10.0. The lowest BCUT2D eigenvalue weighted by Gasteiger charge is -2.09. The SMILES string of the molecule is Cc1ccc(Cn2ccc(NC(=O)c3ccc(COc4ccc(Cl)cc4Cl)cc3)n2)cc1. The predicted octanol–water partition coefficient (Wildman–Crippen LogP) is 6.38. The molecule has 1 heterocycles. The molecule has 1 aromatic heterocycles. The molecule has 0 aliphatic rings. The van der Waals surface area contributed by atoms with E-state index in [0.29, 0.717) is 40.3 Å². The number of amides is 1. The Bertz CT molecular complexity index is 1220. The van der Waals surface area contributed by atoms with Crippen molar-refractivity contribution in [2.45, 2.75) is 20.1 Å². The van der Waals surface area contributed by atoms with Crippen LogP contribution in [-0.2, 0) is 13.2 Å². The molecule has 0 saturated carbocycles. The molecule has 0 radical (unpaired) electrons. The van der Waals surface area contributed by atoms with Crippen molar-refractivity contribution in [1.29, 1.82) is 0 Å². The Labute approximate surface area is 196 Å². The van der Waals surface area contributed by atoms with E-state index in [-0.39, 0.29) is 5.91 Å². The third kappa shape index (κ3) is 5.69. The van der Waals surface area contributed by atoms with E-state index in [1.807, 2.05) is 18.3 Å². The van der Waals surface area contributed by atoms with Crippen molar-refractivity contribution in [2.24, 2.45) is 0 Å². The molecule has 32 heavy (non-hydrogen) atoms. The molecule has 5 nitrogen and oxygen atoms in total. The van der Waals surface area contributed by atoms with Crippen LogP contribution in [0.2, 0.25) is 10.0 Å². The fourth-order valence-corrected chi connectivity index (χ4v) is 3.55. The van der Waals surface area contributed by atoms with Gasteiger partial charge in [-0.05, 0) is 48.4 Å². The van der Waals surface area contributed by atoms with Gasteiger partial charge in [0.05, 0.1) is 11.6 Å². The maximum atomic E-state index is 12.6. The van der Waals surface area contributed by atoms with E-state index in [0.717, 1.165) is 11.1 Å². The molecule has 3 aromatic carbocycles. The fourth-order valence-electron chi connectivity index (χ4n) is 3.09. The highest BCUT2D eigenvalue weighted by Gasteiger charge is 2.09. The van der Waals surface area contributed by atoms with Crippen molar-refractivity contribution < 1.29 is 9.53 Å². The zero-order chi connectivity index (χ0) is 22.5. The second-order valence-electron chi connectivity index (χ2n) is 7.40. The van der Waals surface area contributed by atoms with E-state index in [2.05, 4.69) is 41.6 Å². The third-order valence-corrected chi connectivity index (χ3v) is 5.38. The van der Waals surface area contributed by atoms with Crippen LogP contribution in [-0.4, -0.2) is 15.7 Å². The summed E-state index contributed by atoms with van der Waals surface area (Å²) in [5, 5.41) is 8.27. The number of anilines is 1. The van der Waals surface area contributed by atoms with Crippen molar-refractivity contribution in [3.63, 3.8) is 0 Å². The number of aryl methyl sites for hydroxylation is 1. The molecule has 4 rings (SSSR count). The lowest BCUT2D eigenvalue weighted by Crippen LogP contribution is -2.13. The molecule has 0 spiro atoms. The zero-order valence-corrected chi connectivity index (χ0v) is 18.9. The molecule has 7 heteroatoms. The minimum Gasteiger partial charge on any atom is -0.487 e. The Morgan fingerprint density at radius 1 is 0.969 bits per heavy atom. The minimum absolute atomic E-state index is 0.223. The maximum absolute atomic E-state index is 12.6. The average molecular weight is 466 g/mol. The van der Waals surface area contributed by atoms with Gasteiger partial charge in [0.25, 0.3) is 5.91 Å². The first-order chi connectivity index (χ1) is 15.5. The summed E-state index contributed by atoms with van der Waals surface area (Å²) < 4.78 is 7.52. The lowest BCUT2D eigenvalue weighted by molar-refractivity contribution is 0.102. The van der Waals surface area contributed by atoms with Gasteiger partial charge in [-0.2, -0.15) is 5.10 Å². The molecule has 1 amide bonds. The van der Waals surface area contributed by atoms with Gasteiger partial charge in [0, 0.05) is 22.8 Å². The number of nitrogens with one attached hydrogen (secondary N) is 1. The quantitative estimate of drug-likeness (QED) is 0.344. The number of nitrogens with zero attached hydrogens (tertiary/aromatic N) is 2. The van der Waals surface area contributed by atoms with Gasteiger partial charge in [-0.25, -0.2) is 0 Å². The zero-order valence-electron chi connectivity index (χ0n) is 17.4. The van der Waals surface area contributed by atoms with E-state index < -0.39 is 0 Å². The van der Waals surface area contributed by atoms with Gasteiger partial charge in [-0.15, -0.1) is 0 Å². The predicted molar refractivity (Wildman–Crippen MR) is 128 cm³/mol. The maximum Gasteiger partial charge on any atom is 0.256 e. The van der Waals surface area contributed by atoms with Crippen molar-refractivity contribution in [2.75, 3.05) is 5.32 Å². The molecule has 4 aromatic rings. The number of halogens is 2. The highest BCUT2D eigenvalue weighted by molar-refractivity contribution is 6.35. The van der Waals surface area contributed by atoms with Crippen LogP contribution in [0.5, 0.6) is 5.75 Å². The first kappa shape index (κ1) is 21.9. The molecular formula is C25H21Cl2N3O2. The molecule has 0 saturated heterocycles. The van der Waals surface area contributed by atoms with E-state index in [1.165, 1.54) is 5.56 Å². The number of carbonyl (C=O) groups excluding carboxylic acids is 1. The number of hydrogen-bond acceptors (Lipinski definition) is 3. The lowest BCUT2D eigenvalue weighted by atomic mass is 10.1. The number of benzene rings is 3. The standard InChI is InChI=1S/C25H21Cl2N3O2/c1-17-2-4-18(5-3-17)15-30-13-12-24(29-30)28-25(31)20-8-6-19(7-9-20)16-32-23-11-10-21(26)14-22(23)27/h2-14H,15-16H2,1H3,(H,28,29,31). The third-order valence-electron chi connectivity index (χ3n) is 4.85. The smallest absolute Gasteiger partial charge is 0.256 e. The van der Waals surface area contributed by atoms with Crippen molar-refractivity contribution >= 4 is 34.9 Å². The molecule has 0 atom stereocenters. The topological polar surface area (TPSA) is 56.2 Å². The van der Waals surface area contributed by atoms with E-state index in [9.17, 15) is 4.79 Å². The number of rotatable bonds is 7. The van der Waals surface area contributed by atoms with Crippen LogP contribution >= 0.6 is 23.2 Å². The van der Waals surface area contributed by atoms with E-state index >= 15 is 0 Å². The van der Waals surface area contributed by atoms with Gasteiger partial charge in [-0.3, -0.25) is 9.48 Å². The molecule has 0 bridgehead atoms. The van der Waals surface area contributed by atoms with Gasteiger partial charge < -0.3 is 10.1 Å². The Balaban J connectivity index is 1.32. The molecule has 0 aliphatic heterocycles. The summed E-state index contributed by atoms with van der Waals surface area (Å²) in [5.41, 5.74) is 3.81. The summed E-state index contributed by atoms with van der Waals surface area (Å²) in [5.74, 6) is 0.838. The van der Waals surface area contributed by atoms with Gasteiger partial charge in [-0.1, -0.05) is 65.2 Å². The van der Waals surface area contributed by atoms with Crippen LogP contribution < -0.4 is 10.1 Å². The van der Waals surface area contributed by atoms with E-state index in [4.69, 9.17) is 27.9 Å².